The van der Waals surface area contributed by atoms with Crippen molar-refractivity contribution in [2.24, 2.45) is 12.9 Å². The summed E-state index contributed by atoms with van der Waals surface area (Å²) < 4.78 is 7.12. The summed E-state index contributed by atoms with van der Waals surface area (Å²) in [6.45, 7) is 1.18. The van der Waals surface area contributed by atoms with E-state index in [2.05, 4.69) is 20.5 Å². The van der Waals surface area contributed by atoms with Crippen LogP contribution < -0.4 is 11.3 Å². The van der Waals surface area contributed by atoms with Gasteiger partial charge in [-0.05, 0) is 0 Å². The van der Waals surface area contributed by atoms with E-state index < -0.39 is 0 Å². The Bertz CT molecular complexity index is 562. The number of nitrogen functional groups attached to an aromatic ring is 1. The number of hydrogen-bond donors (Lipinski definition) is 2. The van der Waals surface area contributed by atoms with Crippen LogP contribution in [0.15, 0.2) is 12.4 Å². The summed E-state index contributed by atoms with van der Waals surface area (Å²) in [7, 11) is 1.86. The molecule has 0 radical (unpaired) electrons. The summed E-state index contributed by atoms with van der Waals surface area (Å²) in [6, 6.07) is 0. The van der Waals surface area contributed by atoms with Gasteiger partial charge in [-0.15, -0.1) is 0 Å². The van der Waals surface area contributed by atoms with Crippen molar-refractivity contribution in [3.63, 3.8) is 0 Å². The van der Waals surface area contributed by atoms with E-state index in [4.69, 9.17) is 10.6 Å². The SMILES string of the molecule is Cn1cc(-c2nc3c(c(NN)n2)COCC3)cn1. The van der Waals surface area contributed by atoms with Crippen LogP contribution in [0.25, 0.3) is 11.4 Å². The molecule has 0 amide bonds. The fourth-order valence-electron chi connectivity index (χ4n) is 2.02. The van der Waals surface area contributed by atoms with Crippen molar-refractivity contribution in [2.75, 3.05) is 12.0 Å². The highest BCUT2D eigenvalue weighted by molar-refractivity contribution is 5.58. The summed E-state index contributed by atoms with van der Waals surface area (Å²) in [4.78, 5) is 8.97. The second-order valence-electron chi connectivity index (χ2n) is 4.17. The Balaban J connectivity index is 2.11. The van der Waals surface area contributed by atoms with Gasteiger partial charge in [-0.1, -0.05) is 0 Å². The van der Waals surface area contributed by atoms with Crippen molar-refractivity contribution in [1.29, 1.82) is 0 Å². The van der Waals surface area contributed by atoms with Gasteiger partial charge < -0.3 is 10.2 Å². The van der Waals surface area contributed by atoms with E-state index in [0.717, 1.165) is 23.2 Å². The summed E-state index contributed by atoms with van der Waals surface area (Å²) >= 11 is 0. The van der Waals surface area contributed by atoms with E-state index >= 15 is 0 Å². The summed E-state index contributed by atoms with van der Waals surface area (Å²) in [5.41, 5.74) is 5.42. The molecule has 1 aliphatic heterocycles. The quantitative estimate of drug-likeness (QED) is 0.582. The van der Waals surface area contributed by atoms with Crippen LogP contribution in [0.5, 0.6) is 0 Å². The normalized spacial score (nSPS) is 14.3. The maximum Gasteiger partial charge on any atom is 0.165 e. The Morgan fingerprint density at radius 3 is 3.06 bits per heavy atom. The molecule has 94 valence electrons. The second-order valence-corrected chi connectivity index (χ2v) is 4.17. The Morgan fingerprint density at radius 1 is 1.44 bits per heavy atom. The molecule has 0 unspecified atom stereocenters. The number of aryl methyl sites for hydroxylation is 1. The predicted octanol–water partition coefficient (Wildman–Crippen LogP) is 0.235. The van der Waals surface area contributed by atoms with E-state index in [0.29, 0.717) is 24.9 Å². The molecule has 18 heavy (non-hydrogen) atoms. The third kappa shape index (κ3) is 1.83. The van der Waals surface area contributed by atoms with Crippen LogP contribution in [0.4, 0.5) is 5.82 Å². The molecule has 0 aliphatic carbocycles. The molecule has 3 rings (SSSR count). The van der Waals surface area contributed by atoms with E-state index in [1.807, 2.05) is 13.2 Å². The third-order valence-corrected chi connectivity index (χ3v) is 2.92. The Kier molecular flexibility index (Phi) is 2.69. The zero-order valence-electron chi connectivity index (χ0n) is 10.1. The largest absolute Gasteiger partial charge is 0.376 e. The predicted molar refractivity (Wildman–Crippen MR) is 65.4 cm³/mol. The van der Waals surface area contributed by atoms with Gasteiger partial charge >= 0.3 is 0 Å². The molecule has 7 heteroatoms. The molecule has 2 aromatic rings. The minimum absolute atomic E-state index is 0.502. The van der Waals surface area contributed by atoms with Crippen LogP contribution in [-0.2, 0) is 24.8 Å². The zero-order valence-corrected chi connectivity index (χ0v) is 10.1. The van der Waals surface area contributed by atoms with Crippen LogP contribution >= 0.6 is 0 Å². The highest BCUT2D eigenvalue weighted by Crippen LogP contribution is 2.25. The van der Waals surface area contributed by atoms with Crippen molar-refractivity contribution < 1.29 is 4.74 Å². The van der Waals surface area contributed by atoms with E-state index in [-0.39, 0.29) is 0 Å². The molecule has 3 heterocycles. The lowest BCUT2D eigenvalue weighted by Gasteiger charge is -2.18. The van der Waals surface area contributed by atoms with Crippen LogP contribution in [-0.4, -0.2) is 26.4 Å². The molecule has 0 spiro atoms. The van der Waals surface area contributed by atoms with Crippen molar-refractivity contribution in [3.8, 4) is 11.4 Å². The molecule has 0 atom stereocenters. The van der Waals surface area contributed by atoms with Gasteiger partial charge in [0.2, 0.25) is 0 Å². The number of nitrogens with two attached hydrogens (primary N) is 1. The van der Waals surface area contributed by atoms with Gasteiger partial charge in [0.15, 0.2) is 5.82 Å². The first-order valence-electron chi connectivity index (χ1n) is 5.71. The highest BCUT2D eigenvalue weighted by Gasteiger charge is 2.18. The molecule has 7 nitrogen and oxygen atoms in total. The number of ether oxygens (including phenoxy) is 1. The molecular weight excluding hydrogens is 232 g/mol. The van der Waals surface area contributed by atoms with Gasteiger partial charge in [-0.2, -0.15) is 5.10 Å². The summed E-state index contributed by atoms with van der Waals surface area (Å²) in [5.74, 6) is 6.77. The van der Waals surface area contributed by atoms with Crippen molar-refractivity contribution in [1.82, 2.24) is 19.7 Å². The fraction of sp³-hybridized carbons (Fsp3) is 0.364. The Morgan fingerprint density at radius 2 is 2.33 bits per heavy atom. The zero-order chi connectivity index (χ0) is 12.5. The number of fused-ring (bicyclic) bond motifs is 1. The van der Waals surface area contributed by atoms with Crippen LogP contribution in [0, 0.1) is 0 Å². The highest BCUT2D eigenvalue weighted by atomic mass is 16.5. The average Bonchev–Trinajstić information content (AvgIpc) is 2.84. The molecule has 1 aliphatic rings. The maximum absolute atomic E-state index is 5.51. The molecule has 3 N–H and O–H groups in total. The number of nitrogens with zero attached hydrogens (tertiary/aromatic N) is 4. The lowest BCUT2D eigenvalue weighted by atomic mass is 10.1. The molecule has 2 aromatic heterocycles. The summed E-state index contributed by atoms with van der Waals surface area (Å²) in [6.07, 6.45) is 4.39. The molecular formula is C11H14N6O. The monoisotopic (exact) mass is 246 g/mol. The number of anilines is 1. The van der Waals surface area contributed by atoms with Gasteiger partial charge in [-0.25, -0.2) is 15.8 Å². The first-order valence-corrected chi connectivity index (χ1v) is 5.71. The third-order valence-electron chi connectivity index (χ3n) is 2.92. The van der Waals surface area contributed by atoms with Gasteiger partial charge in [-0.3, -0.25) is 4.68 Å². The van der Waals surface area contributed by atoms with Crippen LogP contribution in [0.2, 0.25) is 0 Å². The topological polar surface area (TPSA) is 90.9 Å². The number of aromatic nitrogens is 4. The second kappa shape index (κ2) is 4.35. The van der Waals surface area contributed by atoms with Crippen LogP contribution in [0.1, 0.15) is 11.3 Å². The van der Waals surface area contributed by atoms with E-state index in [1.165, 1.54) is 0 Å². The van der Waals surface area contributed by atoms with E-state index in [9.17, 15) is 0 Å². The smallest absolute Gasteiger partial charge is 0.165 e. The lowest BCUT2D eigenvalue weighted by Crippen LogP contribution is -2.19. The number of hydrazine groups is 1. The first-order chi connectivity index (χ1) is 8.78. The molecule has 0 saturated heterocycles. The van der Waals surface area contributed by atoms with Crippen molar-refractivity contribution >= 4 is 5.82 Å². The van der Waals surface area contributed by atoms with Gasteiger partial charge in [0, 0.05) is 25.2 Å². The minimum atomic E-state index is 0.502. The maximum atomic E-state index is 5.51. The van der Waals surface area contributed by atoms with Gasteiger partial charge in [0.1, 0.15) is 5.82 Å². The number of rotatable bonds is 2. The standard InChI is InChI=1S/C11H14N6O/c1-17-5-7(4-13-17)10-14-9-2-3-18-6-8(9)11(15-10)16-12/h4-5H,2-3,6,12H2,1H3,(H,14,15,16). The van der Waals surface area contributed by atoms with Crippen molar-refractivity contribution in [3.05, 3.63) is 23.7 Å². The van der Waals surface area contributed by atoms with Crippen LogP contribution in [0.3, 0.4) is 0 Å². The molecule has 0 aromatic carbocycles. The molecule has 0 fully saturated rings. The fourth-order valence-corrected chi connectivity index (χ4v) is 2.02. The number of hydrogen-bond acceptors (Lipinski definition) is 6. The van der Waals surface area contributed by atoms with Gasteiger partial charge in [0.05, 0.1) is 30.7 Å². The van der Waals surface area contributed by atoms with E-state index in [1.54, 1.807) is 10.9 Å². The number of nitrogens with one attached hydrogen (secondary N) is 1. The first kappa shape index (κ1) is 11.1. The minimum Gasteiger partial charge on any atom is -0.376 e. The average molecular weight is 246 g/mol. The van der Waals surface area contributed by atoms with Gasteiger partial charge in [0.25, 0.3) is 0 Å². The molecule has 0 saturated carbocycles. The Hall–Kier alpha value is -1.99. The lowest BCUT2D eigenvalue weighted by molar-refractivity contribution is 0.109. The Labute approximate surface area is 104 Å². The van der Waals surface area contributed by atoms with Crippen molar-refractivity contribution in [2.45, 2.75) is 13.0 Å². The molecule has 0 bridgehead atoms. The summed E-state index contributed by atoms with van der Waals surface area (Å²) in [5, 5.41) is 4.12.